The molecule has 4 nitrogen and oxygen atoms in total. The van der Waals surface area contributed by atoms with Gasteiger partial charge in [-0.1, -0.05) is 31.0 Å². The van der Waals surface area contributed by atoms with Crippen molar-refractivity contribution in [2.75, 3.05) is 0 Å². The van der Waals surface area contributed by atoms with Gasteiger partial charge in [0.05, 0.1) is 6.42 Å². The lowest BCUT2D eigenvalue weighted by Crippen LogP contribution is -2.36. The number of rotatable bonds is 6. The number of carbonyl (C=O) groups is 2. The van der Waals surface area contributed by atoms with Crippen LogP contribution in [-0.2, 0) is 4.79 Å². The number of carbonyl (C=O) groups excluding carboxylic acids is 1. The van der Waals surface area contributed by atoms with Crippen LogP contribution in [-0.4, -0.2) is 23.0 Å². The van der Waals surface area contributed by atoms with E-state index in [9.17, 15) is 9.59 Å². The van der Waals surface area contributed by atoms with Crippen molar-refractivity contribution in [3.05, 3.63) is 35.4 Å². The lowest BCUT2D eigenvalue weighted by Gasteiger charge is -2.16. The first kappa shape index (κ1) is 14.2. The first-order valence-corrected chi connectivity index (χ1v) is 6.12. The van der Waals surface area contributed by atoms with E-state index >= 15 is 0 Å². The molecule has 18 heavy (non-hydrogen) atoms. The van der Waals surface area contributed by atoms with Crippen molar-refractivity contribution in [3.8, 4) is 0 Å². The van der Waals surface area contributed by atoms with Crippen molar-refractivity contribution in [2.45, 2.75) is 39.2 Å². The summed E-state index contributed by atoms with van der Waals surface area (Å²) in [5, 5.41) is 11.5. The highest BCUT2D eigenvalue weighted by molar-refractivity contribution is 5.94. The van der Waals surface area contributed by atoms with Crippen LogP contribution in [0, 0.1) is 6.92 Å². The van der Waals surface area contributed by atoms with Crippen LogP contribution in [0.2, 0.25) is 0 Å². The van der Waals surface area contributed by atoms with Crippen molar-refractivity contribution in [3.63, 3.8) is 0 Å². The molecule has 0 spiro atoms. The molecule has 98 valence electrons. The molecule has 1 atom stereocenters. The number of hydrogen-bond acceptors (Lipinski definition) is 2. The fourth-order valence-corrected chi connectivity index (χ4v) is 1.76. The van der Waals surface area contributed by atoms with Crippen LogP contribution in [0.4, 0.5) is 0 Å². The van der Waals surface area contributed by atoms with Gasteiger partial charge in [0.15, 0.2) is 0 Å². The molecule has 0 aliphatic heterocycles. The number of amides is 1. The number of aliphatic carboxylic acids is 1. The topological polar surface area (TPSA) is 66.4 Å². The maximum absolute atomic E-state index is 11.9. The van der Waals surface area contributed by atoms with Gasteiger partial charge in [0.2, 0.25) is 0 Å². The molecule has 0 heterocycles. The van der Waals surface area contributed by atoms with Gasteiger partial charge < -0.3 is 10.4 Å². The second-order valence-corrected chi connectivity index (χ2v) is 4.42. The third kappa shape index (κ3) is 4.57. The SMILES string of the molecule is CCCC(CC(=O)O)NC(=O)c1ccc(C)cc1. The van der Waals surface area contributed by atoms with Gasteiger partial charge in [-0.2, -0.15) is 0 Å². The van der Waals surface area contributed by atoms with Gasteiger partial charge in [0.25, 0.3) is 5.91 Å². The highest BCUT2D eigenvalue weighted by atomic mass is 16.4. The Morgan fingerprint density at radius 2 is 1.89 bits per heavy atom. The number of carboxylic acids is 1. The fourth-order valence-electron chi connectivity index (χ4n) is 1.76. The summed E-state index contributed by atoms with van der Waals surface area (Å²) in [5.41, 5.74) is 1.65. The zero-order valence-electron chi connectivity index (χ0n) is 10.8. The summed E-state index contributed by atoms with van der Waals surface area (Å²) in [6.07, 6.45) is 1.47. The lowest BCUT2D eigenvalue weighted by atomic mass is 10.1. The molecular weight excluding hydrogens is 230 g/mol. The Hall–Kier alpha value is -1.84. The predicted molar refractivity (Wildman–Crippen MR) is 69.6 cm³/mol. The molecule has 0 aromatic heterocycles. The summed E-state index contributed by atoms with van der Waals surface area (Å²) in [6.45, 7) is 3.92. The average molecular weight is 249 g/mol. The molecule has 1 amide bonds. The standard InChI is InChI=1S/C14H19NO3/c1-3-4-12(9-13(16)17)15-14(18)11-7-5-10(2)6-8-11/h5-8,12H,3-4,9H2,1-2H3,(H,15,18)(H,16,17). The van der Waals surface area contributed by atoms with Crippen LogP contribution in [0.25, 0.3) is 0 Å². The summed E-state index contributed by atoms with van der Waals surface area (Å²) < 4.78 is 0. The van der Waals surface area contributed by atoms with E-state index in [0.29, 0.717) is 12.0 Å². The van der Waals surface area contributed by atoms with Crippen molar-refractivity contribution in [1.29, 1.82) is 0 Å². The Bertz CT molecular complexity index is 412. The average Bonchev–Trinajstić information content (AvgIpc) is 2.29. The molecule has 0 aliphatic carbocycles. The normalized spacial score (nSPS) is 11.9. The molecule has 0 saturated heterocycles. The van der Waals surface area contributed by atoms with Crippen molar-refractivity contribution in [1.82, 2.24) is 5.32 Å². The van der Waals surface area contributed by atoms with Crippen LogP contribution >= 0.6 is 0 Å². The van der Waals surface area contributed by atoms with Gasteiger partial charge >= 0.3 is 5.97 Å². The summed E-state index contributed by atoms with van der Waals surface area (Å²) in [7, 11) is 0. The van der Waals surface area contributed by atoms with Crippen LogP contribution < -0.4 is 5.32 Å². The number of aryl methyl sites for hydroxylation is 1. The van der Waals surface area contributed by atoms with Crippen LogP contribution in [0.1, 0.15) is 42.1 Å². The lowest BCUT2D eigenvalue weighted by molar-refractivity contribution is -0.137. The Balaban J connectivity index is 2.65. The minimum Gasteiger partial charge on any atom is -0.481 e. The number of hydrogen-bond donors (Lipinski definition) is 2. The first-order chi connectivity index (χ1) is 8.52. The Kier molecular flexibility index (Phi) is 5.36. The van der Waals surface area contributed by atoms with Gasteiger partial charge in [0.1, 0.15) is 0 Å². The molecule has 1 aromatic carbocycles. The molecule has 0 radical (unpaired) electrons. The van der Waals surface area contributed by atoms with E-state index in [1.54, 1.807) is 12.1 Å². The quantitative estimate of drug-likeness (QED) is 0.813. The fraction of sp³-hybridized carbons (Fsp3) is 0.429. The largest absolute Gasteiger partial charge is 0.481 e. The number of nitrogens with one attached hydrogen (secondary N) is 1. The smallest absolute Gasteiger partial charge is 0.305 e. The first-order valence-electron chi connectivity index (χ1n) is 6.12. The van der Waals surface area contributed by atoms with Gasteiger partial charge in [0, 0.05) is 11.6 Å². The molecule has 0 bridgehead atoms. The zero-order chi connectivity index (χ0) is 13.5. The van der Waals surface area contributed by atoms with Gasteiger partial charge in [-0.15, -0.1) is 0 Å². The van der Waals surface area contributed by atoms with Gasteiger partial charge in [-0.3, -0.25) is 9.59 Å². The van der Waals surface area contributed by atoms with Crippen molar-refractivity contribution < 1.29 is 14.7 Å². The monoisotopic (exact) mass is 249 g/mol. The van der Waals surface area contributed by atoms with Crippen LogP contribution in [0.5, 0.6) is 0 Å². The van der Waals surface area contributed by atoms with E-state index in [0.717, 1.165) is 12.0 Å². The highest BCUT2D eigenvalue weighted by Crippen LogP contribution is 2.06. The van der Waals surface area contributed by atoms with E-state index in [1.807, 2.05) is 26.0 Å². The molecule has 1 rings (SSSR count). The van der Waals surface area contributed by atoms with Crippen LogP contribution in [0.15, 0.2) is 24.3 Å². The van der Waals surface area contributed by atoms with Gasteiger partial charge in [-0.25, -0.2) is 0 Å². The molecular formula is C14H19NO3. The molecule has 0 saturated carbocycles. The summed E-state index contributed by atoms with van der Waals surface area (Å²) >= 11 is 0. The van der Waals surface area contributed by atoms with E-state index in [2.05, 4.69) is 5.32 Å². The zero-order valence-corrected chi connectivity index (χ0v) is 10.8. The van der Waals surface area contributed by atoms with Crippen molar-refractivity contribution >= 4 is 11.9 Å². The molecule has 2 N–H and O–H groups in total. The minimum absolute atomic E-state index is 0.0363. The number of carboxylic acid groups (broad SMARTS) is 1. The second-order valence-electron chi connectivity index (χ2n) is 4.42. The summed E-state index contributed by atoms with van der Waals surface area (Å²) in [6, 6.07) is 6.91. The summed E-state index contributed by atoms with van der Waals surface area (Å²) in [4.78, 5) is 22.6. The van der Waals surface area contributed by atoms with Crippen molar-refractivity contribution in [2.24, 2.45) is 0 Å². The Morgan fingerprint density at radius 3 is 2.39 bits per heavy atom. The third-order valence-corrected chi connectivity index (χ3v) is 2.71. The minimum atomic E-state index is -0.891. The molecule has 0 aliphatic rings. The van der Waals surface area contributed by atoms with E-state index in [-0.39, 0.29) is 18.4 Å². The van der Waals surface area contributed by atoms with E-state index in [1.165, 1.54) is 0 Å². The Morgan fingerprint density at radius 1 is 1.28 bits per heavy atom. The highest BCUT2D eigenvalue weighted by Gasteiger charge is 2.15. The number of benzene rings is 1. The summed E-state index contributed by atoms with van der Waals surface area (Å²) in [5.74, 6) is -1.10. The Labute approximate surface area is 107 Å². The molecule has 4 heteroatoms. The van der Waals surface area contributed by atoms with Crippen LogP contribution in [0.3, 0.4) is 0 Å². The molecule has 1 unspecified atom stereocenters. The third-order valence-electron chi connectivity index (χ3n) is 2.71. The van der Waals surface area contributed by atoms with Gasteiger partial charge in [-0.05, 0) is 25.5 Å². The van der Waals surface area contributed by atoms with E-state index < -0.39 is 5.97 Å². The maximum Gasteiger partial charge on any atom is 0.305 e. The second kappa shape index (κ2) is 6.79. The molecule has 1 aromatic rings. The maximum atomic E-state index is 11.9. The van der Waals surface area contributed by atoms with E-state index in [4.69, 9.17) is 5.11 Å². The predicted octanol–water partition coefficient (Wildman–Crippen LogP) is 2.37. The molecule has 0 fully saturated rings.